The quantitative estimate of drug-likeness (QED) is 0.645. The highest BCUT2D eigenvalue weighted by molar-refractivity contribution is 5.82. The summed E-state index contributed by atoms with van der Waals surface area (Å²) in [5.74, 6) is 0.384. The van der Waals surface area contributed by atoms with Gasteiger partial charge < -0.3 is 5.11 Å². The van der Waals surface area contributed by atoms with Gasteiger partial charge in [-0.3, -0.25) is 0 Å². The molecule has 0 spiro atoms. The molecule has 4 heteroatoms. The van der Waals surface area contributed by atoms with Crippen molar-refractivity contribution in [3.05, 3.63) is 59.4 Å². The fourth-order valence-corrected chi connectivity index (χ4v) is 3.04. The van der Waals surface area contributed by atoms with Gasteiger partial charge in [-0.25, -0.2) is 9.66 Å². The van der Waals surface area contributed by atoms with E-state index in [9.17, 15) is 5.11 Å². The van der Waals surface area contributed by atoms with Crippen LogP contribution in [0.25, 0.3) is 11.0 Å². The largest absolute Gasteiger partial charge is 0.507 e. The van der Waals surface area contributed by atoms with Crippen LogP contribution in [0.3, 0.4) is 0 Å². The molecule has 3 aromatic rings. The third-order valence-electron chi connectivity index (χ3n) is 4.51. The van der Waals surface area contributed by atoms with Crippen molar-refractivity contribution in [2.24, 2.45) is 5.10 Å². The first-order valence-electron chi connectivity index (χ1n) is 8.92. The van der Waals surface area contributed by atoms with Crippen molar-refractivity contribution >= 4 is 17.2 Å². The molecule has 0 unspecified atom stereocenters. The summed E-state index contributed by atoms with van der Waals surface area (Å²) < 4.78 is 1.77. The predicted octanol–water partition coefficient (Wildman–Crippen LogP) is 5.22. The van der Waals surface area contributed by atoms with Gasteiger partial charge in [-0.1, -0.05) is 53.7 Å². The van der Waals surface area contributed by atoms with Crippen molar-refractivity contribution in [3.8, 4) is 5.75 Å². The summed E-state index contributed by atoms with van der Waals surface area (Å²) in [5.41, 5.74) is 4.40. The van der Waals surface area contributed by atoms with E-state index in [-0.39, 0.29) is 10.8 Å². The molecule has 0 atom stereocenters. The van der Waals surface area contributed by atoms with Crippen LogP contribution in [0, 0.1) is 0 Å². The number of hydrogen-bond acceptors (Lipinski definition) is 3. The molecule has 0 amide bonds. The average molecular weight is 349 g/mol. The van der Waals surface area contributed by atoms with E-state index in [0.717, 1.165) is 27.7 Å². The third kappa shape index (κ3) is 3.50. The minimum atomic E-state index is -0.157. The van der Waals surface area contributed by atoms with Crippen molar-refractivity contribution in [3.63, 3.8) is 0 Å². The second-order valence-electron chi connectivity index (χ2n) is 8.79. The highest BCUT2D eigenvalue weighted by Crippen LogP contribution is 2.39. The molecule has 0 saturated heterocycles. The van der Waals surface area contributed by atoms with Gasteiger partial charge in [0.05, 0.1) is 17.2 Å². The van der Waals surface area contributed by atoms with Crippen LogP contribution in [0.4, 0.5) is 0 Å². The lowest BCUT2D eigenvalue weighted by Crippen LogP contribution is -2.17. The Kier molecular flexibility index (Phi) is 4.39. The molecule has 26 heavy (non-hydrogen) atoms. The minimum absolute atomic E-state index is 0.157. The Balaban J connectivity index is 2.10. The van der Waals surface area contributed by atoms with Crippen molar-refractivity contribution < 1.29 is 5.11 Å². The minimum Gasteiger partial charge on any atom is -0.507 e. The molecule has 1 aromatic heterocycles. The highest BCUT2D eigenvalue weighted by atomic mass is 16.3. The van der Waals surface area contributed by atoms with Gasteiger partial charge in [0.25, 0.3) is 0 Å². The van der Waals surface area contributed by atoms with Gasteiger partial charge in [0.1, 0.15) is 12.1 Å². The number of fused-ring (bicyclic) bond motifs is 1. The molecule has 0 aliphatic heterocycles. The van der Waals surface area contributed by atoms with Gasteiger partial charge in [-0.15, -0.1) is 0 Å². The number of phenols is 1. The lowest BCUT2D eigenvalue weighted by molar-refractivity contribution is 0.423. The maximum atomic E-state index is 10.8. The van der Waals surface area contributed by atoms with Crippen LogP contribution < -0.4 is 0 Å². The number of benzene rings is 2. The molecule has 2 aromatic carbocycles. The van der Waals surface area contributed by atoms with Gasteiger partial charge in [0.15, 0.2) is 0 Å². The summed E-state index contributed by atoms with van der Waals surface area (Å²) in [5, 5.41) is 15.4. The van der Waals surface area contributed by atoms with E-state index in [4.69, 9.17) is 0 Å². The van der Waals surface area contributed by atoms with Crippen LogP contribution in [-0.2, 0) is 10.8 Å². The first-order chi connectivity index (χ1) is 12.1. The maximum absolute atomic E-state index is 10.8. The second kappa shape index (κ2) is 6.27. The maximum Gasteiger partial charge on any atom is 0.123 e. The summed E-state index contributed by atoms with van der Waals surface area (Å²) in [6, 6.07) is 12.0. The molecule has 0 radical (unpaired) electrons. The number of aromatic nitrogens is 2. The van der Waals surface area contributed by atoms with E-state index >= 15 is 0 Å². The summed E-state index contributed by atoms with van der Waals surface area (Å²) in [6.45, 7) is 12.7. The monoisotopic (exact) mass is 349 g/mol. The molecule has 3 rings (SSSR count). The molecule has 136 valence electrons. The standard InChI is InChI=1S/C22H27N3O/c1-21(2,3)16-11-15(12-17(20(16)26)22(4,5)6)13-24-25-14-23-18-9-7-8-10-19(18)25/h7-14,26H,1-6H3/b24-13+. The number of nitrogens with zero attached hydrogens (tertiary/aromatic N) is 3. The van der Waals surface area contributed by atoms with Crippen LogP contribution in [0.15, 0.2) is 47.8 Å². The Hall–Kier alpha value is -2.62. The molecular weight excluding hydrogens is 322 g/mol. The van der Waals surface area contributed by atoms with Gasteiger partial charge in [0, 0.05) is 11.1 Å². The normalized spacial score (nSPS) is 13.0. The third-order valence-corrected chi connectivity index (χ3v) is 4.51. The zero-order chi connectivity index (χ0) is 19.1. The molecule has 1 N–H and O–H groups in total. The molecule has 4 nitrogen and oxygen atoms in total. The fraction of sp³-hybridized carbons (Fsp3) is 0.364. The molecule has 1 heterocycles. The number of para-hydroxylation sites is 2. The van der Waals surface area contributed by atoms with Crippen LogP contribution in [0.1, 0.15) is 58.2 Å². The van der Waals surface area contributed by atoms with E-state index in [0.29, 0.717) is 5.75 Å². The van der Waals surface area contributed by atoms with Crippen molar-refractivity contribution in [2.75, 3.05) is 0 Å². The van der Waals surface area contributed by atoms with Crippen LogP contribution in [0.5, 0.6) is 5.75 Å². The van der Waals surface area contributed by atoms with Gasteiger partial charge in [-0.05, 0) is 40.7 Å². The molecule has 0 bridgehead atoms. The van der Waals surface area contributed by atoms with E-state index in [2.05, 4.69) is 51.6 Å². The molecule has 0 aliphatic rings. The highest BCUT2D eigenvalue weighted by Gasteiger charge is 2.26. The molecule has 0 saturated carbocycles. The van der Waals surface area contributed by atoms with Gasteiger partial charge in [-0.2, -0.15) is 5.10 Å². The van der Waals surface area contributed by atoms with Crippen molar-refractivity contribution in [1.82, 2.24) is 9.66 Å². The zero-order valence-corrected chi connectivity index (χ0v) is 16.4. The topological polar surface area (TPSA) is 50.4 Å². The fourth-order valence-electron chi connectivity index (χ4n) is 3.04. The molecular formula is C22H27N3O. The van der Waals surface area contributed by atoms with Gasteiger partial charge >= 0.3 is 0 Å². The van der Waals surface area contributed by atoms with E-state index in [1.54, 1.807) is 11.0 Å². The first-order valence-corrected chi connectivity index (χ1v) is 8.92. The summed E-state index contributed by atoms with van der Waals surface area (Å²) in [6.07, 6.45) is 3.55. The molecule has 0 aliphatic carbocycles. The Bertz CT molecular complexity index is 934. The van der Waals surface area contributed by atoms with Crippen LogP contribution in [-0.4, -0.2) is 21.0 Å². The second-order valence-corrected chi connectivity index (χ2v) is 8.79. The Labute approximate surface area is 155 Å². The van der Waals surface area contributed by atoms with E-state index < -0.39 is 0 Å². The Morgan fingerprint density at radius 2 is 1.54 bits per heavy atom. The van der Waals surface area contributed by atoms with Crippen molar-refractivity contribution in [2.45, 2.75) is 52.4 Å². The number of hydrogen-bond donors (Lipinski definition) is 1. The van der Waals surface area contributed by atoms with Crippen LogP contribution >= 0.6 is 0 Å². The zero-order valence-electron chi connectivity index (χ0n) is 16.4. The molecule has 0 fully saturated rings. The number of rotatable bonds is 2. The Morgan fingerprint density at radius 1 is 0.962 bits per heavy atom. The van der Waals surface area contributed by atoms with Crippen LogP contribution in [0.2, 0.25) is 0 Å². The average Bonchev–Trinajstić information content (AvgIpc) is 2.95. The predicted molar refractivity (Wildman–Crippen MR) is 108 cm³/mol. The summed E-state index contributed by atoms with van der Waals surface area (Å²) >= 11 is 0. The van der Waals surface area contributed by atoms with Gasteiger partial charge in [0.2, 0.25) is 0 Å². The smallest absolute Gasteiger partial charge is 0.123 e. The summed E-state index contributed by atoms with van der Waals surface area (Å²) in [7, 11) is 0. The van der Waals surface area contributed by atoms with E-state index in [1.165, 1.54) is 0 Å². The first kappa shape index (κ1) is 18.2. The Morgan fingerprint density at radius 3 is 2.12 bits per heavy atom. The van der Waals surface area contributed by atoms with Crippen molar-refractivity contribution in [1.29, 1.82) is 0 Å². The lowest BCUT2D eigenvalue weighted by Gasteiger charge is -2.27. The van der Waals surface area contributed by atoms with E-state index in [1.807, 2.05) is 42.6 Å². The summed E-state index contributed by atoms with van der Waals surface area (Å²) in [4.78, 5) is 4.37. The SMILES string of the molecule is CC(C)(C)c1cc(/C=N/n2cnc3ccccc32)cc(C(C)(C)C)c1O. The number of aromatic hydroxyl groups is 1. The lowest BCUT2D eigenvalue weighted by atomic mass is 9.78. The number of phenolic OH excluding ortho intramolecular Hbond substituents is 1. The number of imidazole rings is 1.